The summed E-state index contributed by atoms with van der Waals surface area (Å²) < 4.78 is 0. The fourth-order valence-corrected chi connectivity index (χ4v) is 2.89. The van der Waals surface area contributed by atoms with Gasteiger partial charge in [0.05, 0.1) is 11.6 Å². The van der Waals surface area contributed by atoms with Crippen LogP contribution in [0, 0.1) is 0 Å². The second kappa shape index (κ2) is 7.90. The summed E-state index contributed by atoms with van der Waals surface area (Å²) in [6.45, 7) is 8.22. The molecule has 1 aromatic carbocycles. The van der Waals surface area contributed by atoms with Crippen molar-refractivity contribution in [2.75, 3.05) is 39.8 Å². The SMILES string of the molecule is CN1CCN(C(C)(C)C(=O)NCCC(O)c2ccccc2)CC1. The van der Waals surface area contributed by atoms with E-state index in [9.17, 15) is 9.90 Å². The Kier molecular flexibility index (Phi) is 6.16. The van der Waals surface area contributed by atoms with Gasteiger partial charge in [0.25, 0.3) is 0 Å². The summed E-state index contributed by atoms with van der Waals surface area (Å²) in [6.07, 6.45) is -0.0163. The molecule has 0 aromatic heterocycles. The lowest BCUT2D eigenvalue weighted by atomic mass is 10.00. The highest BCUT2D eigenvalue weighted by Crippen LogP contribution is 2.18. The zero-order chi connectivity index (χ0) is 16.9. The standard InChI is InChI=1S/C18H29N3O2/c1-18(2,21-13-11-20(3)12-14-21)17(23)19-10-9-16(22)15-7-5-4-6-8-15/h4-8,16,22H,9-14H2,1-3H3,(H,19,23). The number of carbonyl (C=O) groups excluding carboxylic acids is 1. The van der Waals surface area contributed by atoms with Gasteiger partial charge in [0.2, 0.25) is 5.91 Å². The van der Waals surface area contributed by atoms with E-state index in [-0.39, 0.29) is 5.91 Å². The topological polar surface area (TPSA) is 55.8 Å². The lowest BCUT2D eigenvalue weighted by Crippen LogP contribution is -2.60. The number of nitrogens with one attached hydrogen (secondary N) is 1. The first-order valence-electron chi connectivity index (χ1n) is 8.36. The lowest BCUT2D eigenvalue weighted by molar-refractivity contribution is -0.132. The second-order valence-corrected chi connectivity index (χ2v) is 6.82. The number of nitrogens with zero attached hydrogens (tertiary/aromatic N) is 2. The molecule has 1 fully saturated rings. The van der Waals surface area contributed by atoms with Crippen molar-refractivity contribution in [2.45, 2.75) is 31.9 Å². The van der Waals surface area contributed by atoms with Crippen LogP contribution in [0.3, 0.4) is 0 Å². The van der Waals surface area contributed by atoms with E-state index < -0.39 is 11.6 Å². The molecule has 1 aromatic rings. The number of carbonyl (C=O) groups is 1. The van der Waals surface area contributed by atoms with E-state index in [1.807, 2.05) is 44.2 Å². The molecule has 1 amide bonds. The maximum atomic E-state index is 12.5. The van der Waals surface area contributed by atoms with Gasteiger partial charge in [0.1, 0.15) is 0 Å². The van der Waals surface area contributed by atoms with Crippen LogP contribution < -0.4 is 5.32 Å². The van der Waals surface area contributed by atoms with Crippen molar-refractivity contribution in [1.29, 1.82) is 0 Å². The van der Waals surface area contributed by atoms with Crippen molar-refractivity contribution in [1.82, 2.24) is 15.1 Å². The molecular formula is C18H29N3O2. The number of benzene rings is 1. The molecule has 0 radical (unpaired) electrons. The van der Waals surface area contributed by atoms with Crippen LogP contribution in [0.4, 0.5) is 0 Å². The van der Waals surface area contributed by atoms with Crippen LogP contribution in [-0.2, 0) is 4.79 Å². The van der Waals surface area contributed by atoms with Gasteiger partial charge in [0, 0.05) is 32.7 Å². The number of piperazine rings is 1. The predicted octanol–water partition coefficient (Wildman–Crippen LogP) is 1.25. The molecule has 1 heterocycles. The van der Waals surface area contributed by atoms with Gasteiger partial charge in [0.15, 0.2) is 0 Å². The van der Waals surface area contributed by atoms with E-state index in [4.69, 9.17) is 0 Å². The largest absolute Gasteiger partial charge is 0.388 e. The fourth-order valence-electron chi connectivity index (χ4n) is 2.89. The highest BCUT2D eigenvalue weighted by atomic mass is 16.3. The van der Waals surface area contributed by atoms with E-state index in [1.165, 1.54) is 0 Å². The summed E-state index contributed by atoms with van der Waals surface area (Å²) in [5, 5.41) is 13.1. The quantitative estimate of drug-likeness (QED) is 0.829. The Balaban J connectivity index is 1.79. The van der Waals surface area contributed by atoms with Gasteiger partial charge in [-0.2, -0.15) is 0 Å². The van der Waals surface area contributed by atoms with Crippen LogP contribution in [0.1, 0.15) is 31.9 Å². The van der Waals surface area contributed by atoms with Crippen LogP contribution in [-0.4, -0.2) is 66.1 Å². The van der Waals surface area contributed by atoms with Crippen molar-refractivity contribution in [3.8, 4) is 0 Å². The average molecular weight is 319 g/mol. The molecule has 1 aliphatic heterocycles. The number of aliphatic hydroxyl groups is 1. The lowest BCUT2D eigenvalue weighted by Gasteiger charge is -2.42. The number of likely N-dealkylation sites (N-methyl/N-ethyl adjacent to an activating group) is 1. The first kappa shape index (κ1) is 17.9. The maximum Gasteiger partial charge on any atom is 0.239 e. The molecule has 1 aliphatic rings. The van der Waals surface area contributed by atoms with Gasteiger partial charge < -0.3 is 15.3 Å². The third-order valence-electron chi connectivity index (χ3n) is 4.74. The molecule has 1 atom stereocenters. The number of hydrogen-bond donors (Lipinski definition) is 2. The first-order valence-corrected chi connectivity index (χ1v) is 8.36. The third kappa shape index (κ3) is 4.77. The van der Waals surface area contributed by atoms with Crippen molar-refractivity contribution < 1.29 is 9.90 Å². The number of amides is 1. The Morgan fingerprint density at radius 1 is 1.22 bits per heavy atom. The van der Waals surface area contributed by atoms with Crippen LogP contribution in [0.15, 0.2) is 30.3 Å². The van der Waals surface area contributed by atoms with Gasteiger partial charge in [-0.25, -0.2) is 0 Å². The van der Waals surface area contributed by atoms with Gasteiger partial charge in [-0.1, -0.05) is 30.3 Å². The summed E-state index contributed by atoms with van der Waals surface area (Å²) in [4.78, 5) is 17.0. The van der Waals surface area contributed by atoms with Crippen LogP contribution in [0.25, 0.3) is 0 Å². The normalized spacial score (nSPS) is 18.6. The fraction of sp³-hybridized carbons (Fsp3) is 0.611. The Morgan fingerprint density at radius 3 is 2.43 bits per heavy atom. The molecular weight excluding hydrogens is 290 g/mol. The molecule has 1 unspecified atom stereocenters. The maximum absolute atomic E-state index is 12.5. The summed E-state index contributed by atoms with van der Waals surface area (Å²) in [5.74, 6) is 0.0299. The molecule has 23 heavy (non-hydrogen) atoms. The molecule has 0 bridgehead atoms. The van der Waals surface area contributed by atoms with Crippen molar-refractivity contribution in [2.24, 2.45) is 0 Å². The summed E-state index contributed by atoms with van der Waals surface area (Å²) in [6, 6.07) is 9.55. The van der Waals surface area contributed by atoms with Gasteiger partial charge in [-0.3, -0.25) is 9.69 Å². The molecule has 1 saturated heterocycles. The van der Waals surface area contributed by atoms with E-state index in [0.29, 0.717) is 13.0 Å². The minimum Gasteiger partial charge on any atom is -0.388 e. The van der Waals surface area contributed by atoms with Crippen LogP contribution in [0.2, 0.25) is 0 Å². The molecule has 2 rings (SSSR count). The Bertz CT molecular complexity index is 496. The molecule has 2 N–H and O–H groups in total. The molecule has 0 spiro atoms. The van der Waals surface area contributed by atoms with Crippen LogP contribution >= 0.6 is 0 Å². The van der Waals surface area contributed by atoms with Crippen molar-refractivity contribution in [3.63, 3.8) is 0 Å². The molecule has 5 nitrogen and oxygen atoms in total. The Hall–Kier alpha value is -1.43. The summed E-state index contributed by atoms with van der Waals surface area (Å²) in [5.41, 5.74) is 0.374. The van der Waals surface area contributed by atoms with E-state index in [0.717, 1.165) is 31.7 Å². The highest BCUT2D eigenvalue weighted by Gasteiger charge is 2.35. The van der Waals surface area contributed by atoms with E-state index in [2.05, 4.69) is 22.2 Å². The Labute approximate surface area is 139 Å². The van der Waals surface area contributed by atoms with Crippen molar-refractivity contribution >= 4 is 5.91 Å². The number of rotatable bonds is 6. The van der Waals surface area contributed by atoms with Gasteiger partial charge >= 0.3 is 0 Å². The summed E-state index contributed by atoms with van der Waals surface area (Å²) >= 11 is 0. The molecule has 128 valence electrons. The second-order valence-electron chi connectivity index (χ2n) is 6.82. The average Bonchev–Trinajstić information content (AvgIpc) is 2.55. The molecule has 5 heteroatoms. The Morgan fingerprint density at radius 2 is 1.83 bits per heavy atom. The molecule has 0 saturated carbocycles. The van der Waals surface area contributed by atoms with E-state index in [1.54, 1.807) is 0 Å². The smallest absolute Gasteiger partial charge is 0.239 e. The molecule has 0 aliphatic carbocycles. The predicted molar refractivity (Wildman–Crippen MR) is 92.2 cm³/mol. The summed E-state index contributed by atoms with van der Waals surface area (Å²) in [7, 11) is 2.11. The van der Waals surface area contributed by atoms with Gasteiger partial charge in [-0.15, -0.1) is 0 Å². The number of aliphatic hydroxyl groups excluding tert-OH is 1. The van der Waals surface area contributed by atoms with Crippen LogP contribution in [0.5, 0.6) is 0 Å². The highest BCUT2D eigenvalue weighted by molar-refractivity contribution is 5.85. The first-order chi connectivity index (χ1) is 10.9. The van der Waals surface area contributed by atoms with E-state index >= 15 is 0 Å². The number of hydrogen-bond acceptors (Lipinski definition) is 4. The third-order valence-corrected chi connectivity index (χ3v) is 4.74. The monoisotopic (exact) mass is 319 g/mol. The zero-order valence-electron chi connectivity index (χ0n) is 14.5. The minimum absolute atomic E-state index is 0.0299. The van der Waals surface area contributed by atoms with Gasteiger partial charge in [-0.05, 0) is 32.9 Å². The minimum atomic E-state index is -0.539. The van der Waals surface area contributed by atoms with Crippen molar-refractivity contribution in [3.05, 3.63) is 35.9 Å². The zero-order valence-corrected chi connectivity index (χ0v) is 14.5.